The van der Waals surface area contributed by atoms with E-state index in [0.717, 1.165) is 23.7 Å². The number of hydrogen-bond acceptors (Lipinski definition) is 3. The van der Waals surface area contributed by atoms with Gasteiger partial charge in [-0.15, -0.1) is 11.3 Å². The molecule has 1 heterocycles. The van der Waals surface area contributed by atoms with E-state index < -0.39 is 0 Å². The number of rotatable bonds is 5. The second-order valence-corrected chi connectivity index (χ2v) is 5.72. The summed E-state index contributed by atoms with van der Waals surface area (Å²) >= 11 is 7.72. The Balaban J connectivity index is 1.85. The highest BCUT2D eigenvalue weighted by Crippen LogP contribution is 2.18. The average molecular weight is 281 g/mol. The summed E-state index contributed by atoms with van der Waals surface area (Å²) in [6.07, 6.45) is 1.03. The molecule has 0 spiro atoms. The number of aryl methyl sites for hydroxylation is 1. The van der Waals surface area contributed by atoms with Crippen LogP contribution in [0.15, 0.2) is 29.8 Å². The molecule has 0 bridgehead atoms. The van der Waals surface area contributed by atoms with Gasteiger partial charge in [0.25, 0.3) is 0 Å². The Kier molecular flexibility index (Phi) is 4.75. The first-order chi connectivity index (χ1) is 8.66. The number of halogens is 1. The minimum atomic E-state index is 0.317. The van der Waals surface area contributed by atoms with Crippen LogP contribution in [-0.2, 0) is 6.42 Å². The molecule has 0 radical (unpaired) electrons. The second-order valence-electron chi connectivity index (χ2n) is 4.34. The van der Waals surface area contributed by atoms with Crippen LogP contribution in [0.1, 0.15) is 29.1 Å². The van der Waals surface area contributed by atoms with Gasteiger partial charge in [-0.3, -0.25) is 0 Å². The van der Waals surface area contributed by atoms with Crippen molar-refractivity contribution in [2.24, 2.45) is 0 Å². The van der Waals surface area contributed by atoms with Crippen LogP contribution in [0.5, 0.6) is 0 Å². The smallest absolute Gasteiger partial charge is 0.0797 e. The lowest BCUT2D eigenvalue weighted by Gasteiger charge is -2.14. The van der Waals surface area contributed by atoms with Crippen LogP contribution in [0.25, 0.3) is 0 Å². The molecule has 0 unspecified atom stereocenters. The van der Waals surface area contributed by atoms with E-state index >= 15 is 0 Å². The molecule has 0 aliphatic rings. The quantitative estimate of drug-likeness (QED) is 0.895. The molecule has 96 valence electrons. The normalized spacial score (nSPS) is 12.6. The van der Waals surface area contributed by atoms with Crippen molar-refractivity contribution >= 4 is 22.9 Å². The van der Waals surface area contributed by atoms with Crippen LogP contribution in [0.2, 0.25) is 5.02 Å². The third-order valence-corrected chi connectivity index (χ3v) is 4.23. The molecular formula is C14H17ClN2S. The zero-order valence-electron chi connectivity index (χ0n) is 10.6. The van der Waals surface area contributed by atoms with Gasteiger partial charge in [0.1, 0.15) is 0 Å². The molecule has 1 aromatic heterocycles. The van der Waals surface area contributed by atoms with Crippen LogP contribution in [0, 0.1) is 6.92 Å². The Labute approximate surface area is 117 Å². The summed E-state index contributed by atoms with van der Waals surface area (Å²) in [5.41, 5.74) is 4.28. The third-order valence-electron chi connectivity index (χ3n) is 3.00. The number of nitrogens with zero attached hydrogens (tertiary/aromatic N) is 1. The van der Waals surface area contributed by atoms with Gasteiger partial charge in [0.15, 0.2) is 0 Å². The Morgan fingerprint density at radius 2 is 2.28 bits per heavy atom. The number of aromatic nitrogens is 1. The first-order valence-corrected chi connectivity index (χ1v) is 7.30. The first-order valence-electron chi connectivity index (χ1n) is 6.04. The lowest BCUT2D eigenvalue weighted by molar-refractivity contribution is 0.578. The molecule has 18 heavy (non-hydrogen) atoms. The summed E-state index contributed by atoms with van der Waals surface area (Å²) < 4.78 is 0. The van der Waals surface area contributed by atoms with Crippen molar-refractivity contribution in [1.82, 2.24) is 10.3 Å². The lowest BCUT2D eigenvalue weighted by Crippen LogP contribution is -2.21. The van der Waals surface area contributed by atoms with Gasteiger partial charge in [0.05, 0.1) is 11.2 Å². The zero-order valence-corrected chi connectivity index (χ0v) is 12.2. The van der Waals surface area contributed by atoms with Crippen molar-refractivity contribution in [3.05, 3.63) is 50.9 Å². The molecule has 0 saturated carbocycles. The molecule has 0 aliphatic heterocycles. The van der Waals surface area contributed by atoms with E-state index in [-0.39, 0.29) is 0 Å². The molecule has 2 rings (SSSR count). The summed E-state index contributed by atoms with van der Waals surface area (Å²) in [6, 6.07) is 8.32. The summed E-state index contributed by atoms with van der Waals surface area (Å²) in [4.78, 5) is 5.62. The van der Waals surface area contributed by atoms with Crippen molar-refractivity contribution < 1.29 is 0 Å². The molecule has 2 aromatic rings. The number of thiazole rings is 1. The van der Waals surface area contributed by atoms with Gasteiger partial charge in [-0.2, -0.15) is 0 Å². The Morgan fingerprint density at radius 3 is 2.94 bits per heavy atom. The highest BCUT2D eigenvalue weighted by Gasteiger charge is 2.06. The van der Waals surface area contributed by atoms with E-state index in [1.165, 1.54) is 10.4 Å². The van der Waals surface area contributed by atoms with Crippen molar-refractivity contribution in [3.63, 3.8) is 0 Å². The van der Waals surface area contributed by atoms with Gasteiger partial charge in [-0.05, 0) is 38.0 Å². The van der Waals surface area contributed by atoms with Gasteiger partial charge in [0.2, 0.25) is 0 Å². The largest absolute Gasteiger partial charge is 0.310 e. The van der Waals surface area contributed by atoms with E-state index in [0.29, 0.717) is 6.04 Å². The van der Waals surface area contributed by atoms with E-state index in [1.54, 1.807) is 11.3 Å². The molecule has 0 fully saturated rings. The summed E-state index contributed by atoms with van der Waals surface area (Å²) in [5.74, 6) is 0. The van der Waals surface area contributed by atoms with Crippen LogP contribution in [-0.4, -0.2) is 11.5 Å². The van der Waals surface area contributed by atoms with Gasteiger partial charge in [0, 0.05) is 22.5 Å². The SMILES string of the molecule is Cc1ncsc1CCN[C@@H](C)c1cccc(Cl)c1. The fourth-order valence-corrected chi connectivity index (χ4v) is 2.84. The second kappa shape index (κ2) is 6.32. The number of nitrogens with one attached hydrogen (secondary N) is 1. The third kappa shape index (κ3) is 3.55. The predicted molar refractivity (Wildman–Crippen MR) is 78.4 cm³/mol. The molecular weight excluding hydrogens is 264 g/mol. The molecule has 1 N–H and O–H groups in total. The van der Waals surface area contributed by atoms with Crippen LogP contribution in [0.4, 0.5) is 0 Å². The van der Waals surface area contributed by atoms with Gasteiger partial charge < -0.3 is 5.32 Å². The predicted octanol–water partition coefficient (Wildman–Crippen LogP) is 4.00. The molecule has 4 heteroatoms. The molecule has 0 saturated heterocycles. The lowest BCUT2D eigenvalue weighted by atomic mass is 10.1. The van der Waals surface area contributed by atoms with Crippen LogP contribution < -0.4 is 5.32 Å². The Bertz CT molecular complexity index is 510. The molecule has 0 aliphatic carbocycles. The summed E-state index contributed by atoms with van der Waals surface area (Å²) in [5, 5.41) is 4.30. The van der Waals surface area contributed by atoms with E-state index in [4.69, 9.17) is 11.6 Å². The van der Waals surface area contributed by atoms with E-state index in [1.807, 2.05) is 23.7 Å². The highest BCUT2D eigenvalue weighted by molar-refractivity contribution is 7.09. The van der Waals surface area contributed by atoms with Crippen molar-refractivity contribution in [2.45, 2.75) is 26.3 Å². The Morgan fingerprint density at radius 1 is 1.44 bits per heavy atom. The van der Waals surface area contributed by atoms with Gasteiger partial charge in [-0.25, -0.2) is 4.98 Å². The first kappa shape index (κ1) is 13.5. The van der Waals surface area contributed by atoms with Gasteiger partial charge in [-0.1, -0.05) is 23.7 Å². The minimum Gasteiger partial charge on any atom is -0.310 e. The van der Waals surface area contributed by atoms with Crippen LogP contribution in [0.3, 0.4) is 0 Å². The fraction of sp³-hybridized carbons (Fsp3) is 0.357. The van der Waals surface area contributed by atoms with E-state index in [2.05, 4.69) is 30.2 Å². The van der Waals surface area contributed by atoms with Crippen molar-refractivity contribution in [2.75, 3.05) is 6.54 Å². The maximum Gasteiger partial charge on any atom is 0.0797 e. The highest BCUT2D eigenvalue weighted by atomic mass is 35.5. The zero-order chi connectivity index (χ0) is 13.0. The van der Waals surface area contributed by atoms with Gasteiger partial charge >= 0.3 is 0 Å². The molecule has 0 amide bonds. The monoisotopic (exact) mass is 280 g/mol. The molecule has 1 atom stereocenters. The maximum absolute atomic E-state index is 5.99. The number of hydrogen-bond donors (Lipinski definition) is 1. The molecule has 1 aromatic carbocycles. The fourth-order valence-electron chi connectivity index (χ4n) is 1.86. The minimum absolute atomic E-state index is 0.317. The standard InChI is InChI=1S/C14H17ClN2S/c1-10(12-4-3-5-13(15)8-12)16-7-6-14-11(2)17-9-18-14/h3-5,8-10,16H,6-7H2,1-2H3/t10-/m0/s1. The Hall–Kier alpha value is -0.900. The van der Waals surface area contributed by atoms with E-state index in [9.17, 15) is 0 Å². The summed E-state index contributed by atoms with van der Waals surface area (Å²) in [7, 11) is 0. The topological polar surface area (TPSA) is 24.9 Å². The molecule has 2 nitrogen and oxygen atoms in total. The average Bonchev–Trinajstić information content (AvgIpc) is 2.75. The van der Waals surface area contributed by atoms with Crippen molar-refractivity contribution in [3.8, 4) is 0 Å². The van der Waals surface area contributed by atoms with Crippen molar-refractivity contribution in [1.29, 1.82) is 0 Å². The number of benzene rings is 1. The maximum atomic E-state index is 5.99. The van der Waals surface area contributed by atoms with Crippen LogP contribution >= 0.6 is 22.9 Å². The summed E-state index contributed by atoms with van der Waals surface area (Å²) in [6.45, 7) is 5.17.